The molecule has 0 aliphatic heterocycles. The summed E-state index contributed by atoms with van der Waals surface area (Å²) in [6.45, 7) is 3.95. The van der Waals surface area contributed by atoms with E-state index in [1.54, 1.807) is 0 Å². The molecule has 110 valence electrons. The highest BCUT2D eigenvalue weighted by Gasteiger charge is 2.18. The first-order valence-corrected chi connectivity index (χ1v) is 7.48. The quantitative estimate of drug-likeness (QED) is 0.836. The summed E-state index contributed by atoms with van der Waals surface area (Å²) in [5, 5.41) is 3.23. The second kappa shape index (κ2) is 6.65. The zero-order chi connectivity index (χ0) is 15.6. The second-order valence-corrected chi connectivity index (χ2v) is 5.66. The van der Waals surface area contributed by atoms with Gasteiger partial charge in [0, 0.05) is 11.9 Å². The summed E-state index contributed by atoms with van der Waals surface area (Å²) in [6.07, 6.45) is 2.11. The molecule has 21 heavy (non-hydrogen) atoms. The molecular weight excluding hydrogens is 331 g/mol. The number of rotatable bonds is 3. The predicted octanol–water partition coefficient (Wildman–Crippen LogP) is 5.16. The number of halogens is 3. The maximum atomic E-state index is 12.4. The number of aromatic nitrogens is 1. The predicted molar refractivity (Wildman–Crippen MR) is 87.8 cm³/mol. The van der Waals surface area contributed by atoms with Crippen LogP contribution in [0.2, 0.25) is 15.1 Å². The van der Waals surface area contributed by atoms with Crippen LogP contribution in [-0.2, 0) is 6.42 Å². The summed E-state index contributed by atoms with van der Waals surface area (Å²) < 4.78 is 0. The number of nitrogens with one attached hydrogen (secondary N) is 1. The molecule has 2 rings (SSSR count). The smallest absolute Gasteiger partial charge is 0.275 e. The van der Waals surface area contributed by atoms with E-state index >= 15 is 0 Å². The highest BCUT2D eigenvalue weighted by molar-refractivity contribution is 6.49. The maximum absolute atomic E-state index is 12.4. The van der Waals surface area contributed by atoms with Gasteiger partial charge in [-0.05, 0) is 24.5 Å². The van der Waals surface area contributed by atoms with Gasteiger partial charge in [-0.2, -0.15) is 0 Å². The molecule has 1 amide bonds. The SMILES string of the molecule is CCc1cccc(C)c1NC(=O)c1ncc(Cl)c(Cl)c1Cl. The topological polar surface area (TPSA) is 42.0 Å². The van der Waals surface area contributed by atoms with Crippen LogP contribution in [0.1, 0.15) is 28.5 Å². The number of carbonyl (C=O) groups is 1. The van der Waals surface area contributed by atoms with Gasteiger partial charge in [0.2, 0.25) is 0 Å². The third-order valence-electron chi connectivity index (χ3n) is 3.11. The van der Waals surface area contributed by atoms with Crippen molar-refractivity contribution in [3.8, 4) is 0 Å². The summed E-state index contributed by atoms with van der Waals surface area (Å²) in [6, 6.07) is 5.85. The van der Waals surface area contributed by atoms with Gasteiger partial charge >= 0.3 is 0 Å². The Hall–Kier alpha value is -1.29. The minimum Gasteiger partial charge on any atom is -0.320 e. The number of benzene rings is 1. The van der Waals surface area contributed by atoms with E-state index in [0.717, 1.165) is 23.2 Å². The standard InChI is InChI=1S/C15H13Cl3N2O/c1-3-9-6-4-5-8(2)13(9)20-15(21)14-12(18)11(17)10(16)7-19-14/h4-7H,3H2,1-2H3,(H,20,21). The Labute approximate surface area is 138 Å². The highest BCUT2D eigenvalue weighted by atomic mass is 35.5. The molecule has 3 nitrogen and oxygen atoms in total. The number of hydrogen-bond donors (Lipinski definition) is 1. The first-order chi connectivity index (χ1) is 9.95. The zero-order valence-electron chi connectivity index (χ0n) is 11.5. The van der Waals surface area contributed by atoms with Gasteiger partial charge in [0.1, 0.15) is 5.69 Å². The fraction of sp³-hybridized carbons (Fsp3) is 0.200. The first-order valence-electron chi connectivity index (χ1n) is 6.35. The van der Waals surface area contributed by atoms with Crippen molar-refractivity contribution in [2.24, 2.45) is 0 Å². The lowest BCUT2D eigenvalue weighted by molar-refractivity contribution is 0.102. The van der Waals surface area contributed by atoms with Crippen LogP contribution in [-0.4, -0.2) is 10.9 Å². The average molecular weight is 344 g/mol. The second-order valence-electron chi connectivity index (χ2n) is 4.50. The minimum absolute atomic E-state index is 0.0494. The van der Waals surface area contributed by atoms with Crippen LogP contribution in [0.15, 0.2) is 24.4 Å². The van der Waals surface area contributed by atoms with Gasteiger partial charge in [-0.3, -0.25) is 4.79 Å². The number of aryl methyl sites for hydroxylation is 2. The van der Waals surface area contributed by atoms with Gasteiger partial charge in [0.15, 0.2) is 0 Å². The molecule has 1 aromatic carbocycles. The summed E-state index contributed by atoms with van der Waals surface area (Å²) in [7, 11) is 0. The Balaban J connectivity index is 2.38. The van der Waals surface area contributed by atoms with Gasteiger partial charge in [0.05, 0.1) is 15.1 Å². The summed E-state index contributed by atoms with van der Waals surface area (Å²) >= 11 is 17.8. The van der Waals surface area contributed by atoms with E-state index in [9.17, 15) is 4.79 Å². The first kappa shape index (κ1) is 16.1. The normalized spacial score (nSPS) is 10.5. The summed E-state index contributed by atoms with van der Waals surface area (Å²) in [4.78, 5) is 16.3. The van der Waals surface area contributed by atoms with Crippen molar-refractivity contribution in [2.75, 3.05) is 5.32 Å². The molecule has 0 unspecified atom stereocenters. The number of para-hydroxylation sites is 1. The summed E-state index contributed by atoms with van der Waals surface area (Å²) in [5.74, 6) is -0.414. The van der Waals surface area contributed by atoms with E-state index in [1.807, 2.05) is 32.0 Å². The fourth-order valence-electron chi connectivity index (χ4n) is 1.98. The van der Waals surface area contributed by atoms with Crippen molar-refractivity contribution in [1.29, 1.82) is 0 Å². The van der Waals surface area contributed by atoms with E-state index in [2.05, 4.69) is 10.3 Å². The van der Waals surface area contributed by atoms with Crippen molar-refractivity contribution in [3.05, 3.63) is 56.3 Å². The lowest BCUT2D eigenvalue weighted by Gasteiger charge is -2.13. The van der Waals surface area contributed by atoms with Crippen molar-refractivity contribution in [1.82, 2.24) is 4.98 Å². The van der Waals surface area contributed by atoms with Crippen LogP contribution in [0.3, 0.4) is 0 Å². The lowest BCUT2D eigenvalue weighted by atomic mass is 10.1. The molecule has 1 N–H and O–H groups in total. The molecule has 0 saturated carbocycles. The van der Waals surface area contributed by atoms with Gasteiger partial charge < -0.3 is 5.32 Å². The van der Waals surface area contributed by atoms with Crippen molar-refractivity contribution >= 4 is 46.4 Å². The maximum Gasteiger partial charge on any atom is 0.275 e. The average Bonchev–Trinajstić information content (AvgIpc) is 2.46. The van der Waals surface area contributed by atoms with Gasteiger partial charge in [-0.15, -0.1) is 0 Å². The molecule has 0 aliphatic carbocycles. The molecule has 0 bridgehead atoms. The van der Waals surface area contributed by atoms with Gasteiger partial charge in [0.25, 0.3) is 5.91 Å². The molecular formula is C15H13Cl3N2O. The Morgan fingerprint density at radius 1 is 1.24 bits per heavy atom. The van der Waals surface area contributed by atoms with Crippen LogP contribution < -0.4 is 5.32 Å². The molecule has 2 aromatic rings. The minimum atomic E-state index is -0.414. The number of carbonyl (C=O) groups excluding carboxylic acids is 1. The van der Waals surface area contributed by atoms with E-state index in [4.69, 9.17) is 34.8 Å². The molecule has 0 atom stereocenters. The van der Waals surface area contributed by atoms with Crippen LogP contribution in [0.25, 0.3) is 0 Å². The third kappa shape index (κ3) is 3.31. The zero-order valence-corrected chi connectivity index (χ0v) is 13.8. The number of pyridine rings is 1. The van der Waals surface area contributed by atoms with Crippen molar-refractivity contribution < 1.29 is 4.79 Å². The Bertz CT molecular complexity index is 702. The van der Waals surface area contributed by atoms with Crippen LogP contribution in [0.5, 0.6) is 0 Å². The molecule has 0 saturated heterocycles. The van der Waals surface area contributed by atoms with E-state index in [1.165, 1.54) is 6.20 Å². The van der Waals surface area contributed by atoms with Crippen LogP contribution in [0, 0.1) is 6.92 Å². The third-order valence-corrected chi connectivity index (χ3v) is 4.35. The largest absolute Gasteiger partial charge is 0.320 e. The lowest BCUT2D eigenvalue weighted by Crippen LogP contribution is -2.16. The Morgan fingerprint density at radius 3 is 2.62 bits per heavy atom. The van der Waals surface area contributed by atoms with E-state index in [0.29, 0.717) is 0 Å². The number of anilines is 1. The molecule has 0 radical (unpaired) electrons. The van der Waals surface area contributed by atoms with Crippen LogP contribution >= 0.6 is 34.8 Å². The van der Waals surface area contributed by atoms with Crippen LogP contribution in [0.4, 0.5) is 5.69 Å². The van der Waals surface area contributed by atoms with Gasteiger partial charge in [-0.1, -0.05) is 59.9 Å². The van der Waals surface area contributed by atoms with Crippen molar-refractivity contribution in [3.63, 3.8) is 0 Å². The van der Waals surface area contributed by atoms with Crippen molar-refractivity contribution in [2.45, 2.75) is 20.3 Å². The molecule has 1 aromatic heterocycles. The molecule has 0 spiro atoms. The molecule has 6 heteroatoms. The molecule has 1 heterocycles. The monoisotopic (exact) mass is 342 g/mol. The number of amides is 1. The number of hydrogen-bond acceptors (Lipinski definition) is 2. The summed E-state index contributed by atoms with van der Waals surface area (Å²) in [5.41, 5.74) is 2.84. The molecule has 0 fully saturated rings. The highest BCUT2D eigenvalue weighted by Crippen LogP contribution is 2.31. The van der Waals surface area contributed by atoms with E-state index < -0.39 is 5.91 Å². The Kier molecular flexibility index (Phi) is 5.09. The fourth-order valence-corrected chi connectivity index (χ4v) is 2.54. The number of nitrogens with zero attached hydrogens (tertiary/aromatic N) is 1. The molecule has 0 aliphatic rings. The Morgan fingerprint density at radius 2 is 1.95 bits per heavy atom. The van der Waals surface area contributed by atoms with E-state index in [-0.39, 0.29) is 20.8 Å². The van der Waals surface area contributed by atoms with Gasteiger partial charge in [-0.25, -0.2) is 4.98 Å².